The Balaban J connectivity index is 1.87. The van der Waals surface area contributed by atoms with E-state index in [1.807, 2.05) is 32.2 Å². The van der Waals surface area contributed by atoms with Gasteiger partial charge in [-0.2, -0.15) is 0 Å². The summed E-state index contributed by atoms with van der Waals surface area (Å²) < 4.78 is 7.02. The minimum absolute atomic E-state index is 0.163. The normalized spacial score (nSPS) is 10.2. The van der Waals surface area contributed by atoms with Gasteiger partial charge >= 0.3 is 0 Å². The quantitative estimate of drug-likeness (QED) is 0.882. The molecule has 2 aromatic rings. The molecule has 0 bridgehead atoms. The third-order valence-corrected chi connectivity index (χ3v) is 3.00. The summed E-state index contributed by atoms with van der Waals surface area (Å²) in [5.74, 6) is -0.139. The van der Waals surface area contributed by atoms with Crippen molar-refractivity contribution in [1.82, 2.24) is 14.9 Å². The van der Waals surface area contributed by atoms with Crippen LogP contribution in [0.5, 0.6) is 5.75 Å². The highest BCUT2D eigenvalue weighted by Gasteiger charge is 2.07. The van der Waals surface area contributed by atoms with Gasteiger partial charge in [0.25, 0.3) is 5.91 Å². The van der Waals surface area contributed by atoms with E-state index in [-0.39, 0.29) is 23.7 Å². The fourth-order valence-corrected chi connectivity index (χ4v) is 1.70. The number of carbonyl (C=O) groups excluding carboxylic acids is 1. The molecule has 0 radical (unpaired) electrons. The van der Waals surface area contributed by atoms with Crippen molar-refractivity contribution in [3.8, 4) is 5.75 Å². The second-order valence-electron chi connectivity index (χ2n) is 4.64. The zero-order chi connectivity index (χ0) is 15.2. The van der Waals surface area contributed by atoms with E-state index in [1.165, 1.54) is 6.07 Å². The first kappa shape index (κ1) is 14.8. The number of aromatic nitrogens is 2. The first-order valence-corrected chi connectivity index (χ1v) is 6.53. The number of carbonyl (C=O) groups is 1. The topological polar surface area (TPSA) is 73.2 Å². The monoisotopic (exact) mass is 287 g/mol. The lowest BCUT2D eigenvalue weighted by Gasteiger charge is -2.09. The van der Waals surface area contributed by atoms with Crippen LogP contribution in [0, 0.1) is 6.92 Å². The Hall–Kier alpha value is -2.63. The van der Waals surface area contributed by atoms with Crippen LogP contribution >= 0.6 is 0 Å². The first-order chi connectivity index (χ1) is 10.1. The van der Waals surface area contributed by atoms with Gasteiger partial charge in [0, 0.05) is 31.2 Å². The second-order valence-corrected chi connectivity index (χ2v) is 4.64. The Morgan fingerprint density at radius 3 is 2.95 bits per heavy atom. The van der Waals surface area contributed by atoms with Crippen molar-refractivity contribution in [3.05, 3.63) is 58.3 Å². The molecule has 2 aromatic heterocycles. The zero-order valence-corrected chi connectivity index (χ0v) is 12.0. The SMILES string of the molecule is Cc1cc(=O)c(OCC(=O)NCc2ccccn2)cn1C. The molecule has 0 saturated carbocycles. The summed E-state index contributed by atoms with van der Waals surface area (Å²) in [5, 5.41) is 2.68. The molecule has 0 aliphatic rings. The Kier molecular flexibility index (Phi) is 4.71. The molecule has 0 aliphatic heterocycles. The molecule has 1 N–H and O–H groups in total. The third kappa shape index (κ3) is 4.17. The van der Waals surface area contributed by atoms with Crippen molar-refractivity contribution in [1.29, 1.82) is 0 Å². The van der Waals surface area contributed by atoms with Crippen LogP contribution in [0.1, 0.15) is 11.4 Å². The van der Waals surface area contributed by atoms with E-state index < -0.39 is 0 Å². The van der Waals surface area contributed by atoms with Crippen LogP contribution in [-0.2, 0) is 18.4 Å². The minimum atomic E-state index is -0.303. The van der Waals surface area contributed by atoms with E-state index in [2.05, 4.69) is 10.3 Å². The zero-order valence-electron chi connectivity index (χ0n) is 12.0. The van der Waals surface area contributed by atoms with Crippen molar-refractivity contribution in [2.75, 3.05) is 6.61 Å². The lowest BCUT2D eigenvalue weighted by Crippen LogP contribution is -2.29. The van der Waals surface area contributed by atoms with Gasteiger partial charge in [0.2, 0.25) is 5.43 Å². The fourth-order valence-electron chi connectivity index (χ4n) is 1.70. The average Bonchev–Trinajstić information content (AvgIpc) is 2.48. The van der Waals surface area contributed by atoms with Crippen LogP contribution in [0.15, 0.2) is 41.5 Å². The summed E-state index contributed by atoms with van der Waals surface area (Å²) >= 11 is 0. The smallest absolute Gasteiger partial charge is 0.258 e. The number of hydrogen-bond acceptors (Lipinski definition) is 4. The van der Waals surface area contributed by atoms with E-state index in [9.17, 15) is 9.59 Å². The predicted octanol–water partition coefficient (Wildman–Crippen LogP) is 0.784. The Labute approximate surface area is 122 Å². The molecule has 6 heteroatoms. The molecule has 0 aromatic carbocycles. The van der Waals surface area contributed by atoms with E-state index in [0.717, 1.165) is 11.4 Å². The molecule has 0 unspecified atom stereocenters. The summed E-state index contributed by atoms with van der Waals surface area (Å²) in [4.78, 5) is 27.5. The predicted molar refractivity (Wildman–Crippen MR) is 78.0 cm³/mol. The Morgan fingerprint density at radius 2 is 2.24 bits per heavy atom. The lowest BCUT2D eigenvalue weighted by atomic mass is 10.3. The van der Waals surface area contributed by atoms with E-state index in [0.29, 0.717) is 6.54 Å². The standard InChI is InChI=1S/C15H17N3O3/c1-11-7-13(19)14(9-18(11)2)21-10-15(20)17-8-12-5-3-4-6-16-12/h3-7,9H,8,10H2,1-2H3,(H,17,20). The number of aryl methyl sites for hydroxylation is 2. The molecular formula is C15H17N3O3. The number of nitrogens with one attached hydrogen (secondary N) is 1. The van der Waals surface area contributed by atoms with Gasteiger partial charge in [-0.3, -0.25) is 14.6 Å². The molecule has 0 aliphatic carbocycles. The maximum Gasteiger partial charge on any atom is 0.258 e. The van der Waals surface area contributed by atoms with Crippen molar-refractivity contribution >= 4 is 5.91 Å². The van der Waals surface area contributed by atoms with Gasteiger partial charge in [-0.15, -0.1) is 0 Å². The van der Waals surface area contributed by atoms with Crippen molar-refractivity contribution in [3.63, 3.8) is 0 Å². The molecule has 0 fully saturated rings. The van der Waals surface area contributed by atoms with Crippen LogP contribution in [0.2, 0.25) is 0 Å². The van der Waals surface area contributed by atoms with Gasteiger partial charge in [0.1, 0.15) is 0 Å². The maximum absolute atomic E-state index is 11.7. The maximum atomic E-state index is 11.7. The molecule has 0 saturated heterocycles. The van der Waals surface area contributed by atoms with Gasteiger partial charge in [-0.1, -0.05) is 6.07 Å². The van der Waals surface area contributed by atoms with Crippen LogP contribution < -0.4 is 15.5 Å². The molecule has 0 atom stereocenters. The number of rotatable bonds is 5. The molecule has 6 nitrogen and oxygen atoms in total. The molecular weight excluding hydrogens is 270 g/mol. The Morgan fingerprint density at radius 1 is 1.43 bits per heavy atom. The molecule has 2 rings (SSSR count). The number of ether oxygens (including phenoxy) is 1. The second kappa shape index (κ2) is 6.69. The molecule has 2 heterocycles. The minimum Gasteiger partial charge on any atom is -0.478 e. The van der Waals surface area contributed by atoms with Crippen LogP contribution in [-0.4, -0.2) is 22.1 Å². The highest BCUT2D eigenvalue weighted by Crippen LogP contribution is 2.04. The fraction of sp³-hybridized carbons (Fsp3) is 0.267. The summed E-state index contributed by atoms with van der Waals surface area (Å²) in [6.45, 7) is 1.95. The summed E-state index contributed by atoms with van der Waals surface area (Å²) in [7, 11) is 1.81. The molecule has 0 spiro atoms. The average molecular weight is 287 g/mol. The number of hydrogen-bond donors (Lipinski definition) is 1. The number of amides is 1. The van der Waals surface area contributed by atoms with Gasteiger partial charge in [-0.05, 0) is 19.1 Å². The number of nitrogens with zero attached hydrogens (tertiary/aromatic N) is 2. The molecule has 110 valence electrons. The summed E-state index contributed by atoms with van der Waals surface area (Å²) in [6, 6.07) is 6.95. The van der Waals surface area contributed by atoms with Crippen LogP contribution in [0.3, 0.4) is 0 Å². The van der Waals surface area contributed by atoms with E-state index in [4.69, 9.17) is 4.74 Å². The van der Waals surface area contributed by atoms with Gasteiger partial charge in [-0.25, -0.2) is 0 Å². The van der Waals surface area contributed by atoms with Gasteiger partial charge < -0.3 is 14.6 Å². The van der Waals surface area contributed by atoms with Crippen molar-refractivity contribution < 1.29 is 9.53 Å². The lowest BCUT2D eigenvalue weighted by molar-refractivity contribution is -0.123. The highest BCUT2D eigenvalue weighted by molar-refractivity contribution is 5.77. The van der Waals surface area contributed by atoms with E-state index >= 15 is 0 Å². The molecule has 1 amide bonds. The van der Waals surface area contributed by atoms with Crippen LogP contribution in [0.4, 0.5) is 0 Å². The largest absolute Gasteiger partial charge is 0.478 e. The Bertz CT molecular complexity index is 680. The van der Waals surface area contributed by atoms with E-state index in [1.54, 1.807) is 17.0 Å². The first-order valence-electron chi connectivity index (χ1n) is 6.53. The van der Waals surface area contributed by atoms with Crippen molar-refractivity contribution in [2.24, 2.45) is 7.05 Å². The third-order valence-electron chi connectivity index (χ3n) is 3.00. The van der Waals surface area contributed by atoms with Gasteiger partial charge in [0.15, 0.2) is 12.4 Å². The number of pyridine rings is 2. The molecule has 21 heavy (non-hydrogen) atoms. The highest BCUT2D eigenvalue weighted by atomic mass is 16.5. The van der Waals surface area contributed by atoms with Gasteiger partial charge in [0.05, 0.1) is 12.2 Å². The van der Waals surface area contributed by atoms with Crippen LogP contribution in [0.25, 0.3) is 0 Å². The summed E-state index contributed by atoms with van der Waals surface area (Å²) in [6.07, 6.45) is 3.23. The summed E-state index contributed by atoms with van der Waals surface area (Å²) in [5.41, 5.74) is 1.35. The van der Waals surface area contributed by atoms with Crippen molar-refractivity contribution in [2.45, 2.75) is 13.5 Å².